The molecule has 0 saturated heterocycles. The van der Waals surface area contributed by atoms with Crippen molar-refractivity contribution in [1.29, 1.82) is 0 Å². The Bertz CT molecular complexity index is 759. The zero-order valence-electron chi connectivity index (χ0n) is 19.0. The Balaban J connectivity index is 2.04. The summed E-state index contributed by atoms with van der Waals surface area (Å²) in [7, 11) is -0.654. The van der Waals surface area contributed by atoms with Gasteiger partial charge in [-0.2, -0.15) is 0 Å². The van der Waals surface area contributed by atoms with Crippen LogP contribution in [0, 0.1) is 44.7 Å². The number of rotatable bonds is 6. The van der Waals surface area contributed by atoms with Crippen molar-refractivity contribution < 1.29 is 0 Å². The smallest absolute Gasteiger partial charge is 0.0120 e. The molecule has 0 bridgehead atoms. The van der Waals surface area contributed by atoms with Crippen molar-refractivity contribution in [2.45, 2.75) is 59.3 Å². The second-order valence-electron chi connectivity index (χ2n) is 8.90. The molecule has 1 aliphatic carbocycles. The third-order valence-corrected chi connectivity index (χ3v) is 12.2. The fraction of sp³-hybridized carbons (Fsp3) is 0.370. The maximum absolute atomic E-state index is 2.47. The average Bonchev–Trinajstić information content (AvgIpc) is 3.13. The van der Waals surface area contributed by atoms with Gasteiger partial charge in [0.05, 0.1) is 0 Å². The minimum absolute atomic E-state index is 0.178. The van der Waals surface area contributed by atoms with Crippen molar-refractivity contribution in [3.63, 3.8) is 0 Å². The fourth-order valence-corrected chi connectivity index (χ4v) is 10.3. The average molecular weight is 422 g/mol. The monoisotopic (exact) mass is 421 g/mol. The first-order chi connectivity index (χ1) is 13.8. The minimum Gasteiger partial charge on any atom is -0.0932 e. The maximum atomic E-state index is 2.47. The molecule has 0 aromatic heterocycles. The van der Waals surface area contributed by atoms with Gasteiger partial charge in [-0.1, -0.05) is 91.1 Å². The predicted octanol–water partition coefficient (Wildman–Crippen LogP) is 7.16. The molecular weight excluding hydrogens is 386 g/mol. The lowest BCUT2D eigenvalue weighted by atomic mass is 10.0. The van der Waals surface area contributed by atoms with E-state index in [4.69, 9.17) is 0 Å². The van der Waals surface area contributed by atoms with Gasteiger partial charge in [-0.15, -0.1) is 0 Å². The van der Waals surface area contributed by atoms with E-state index < -0.39 is 7.92 Å². The van der Waals surface area contributed by atoms with Crippen molar-refractivity contribution in [2.24, 2.45) is 0 Å². The summed E-state index contributed by atoms with van der Waals surface area (Å²) >= 11 is 0. The summed E-state index contributed by atoms with van der Waals surface area (Å²) < 4.78 is 0. The van der Waals surface area contributed by atoms with Crippen molar-refractivity contribution in [3.8, 4) is 0 Å². The molecule has 153 valence electrons. The van der Waals surface area contributed by atoms with E-state index >= 15 is 0 Å². The van der Waals surface area contributed by atoms with Crippen LogP contribution >= 0.6 is 15.8 Å². The Morgan fingerprint density at radius 2 is 1.34 bits per heavy atom. The zero-order valence-corrected chi connectivity index (χ0v) is 20.8. The van der Waals surface area contributed by atoms with Gasteiger partial charge in [0.2, 0.25) is 0 Å². The van der Waals surface area contributed by atoms with E-state index in [0.717, 1.165) is 0 Å². The molecule has 29 heavy (non-hydrogen) atoms. The summed E-state index contributed by atoms with van der Waals surface area (Å²) in [5.74, 6) is 1.57. The SMILES string of the molecule is CCP([C]1[CH][CH][CH][C]1[C@@H](C)P(c1ccccc1C)c1ccccc1C)C(C)(C)C. The summed E-state index contributed by atoms with van der Waals surface area (Å²) in [6.07, 6.45) is 8.36. The molecule has 1 fully saturated rings. The summed E-state index contributed by atoms with van der Waals surface area (Å²) in [5, 5.41) is 3.38. The van der Waals surface area contributed by atoms with E-state index in [-0.39, 0.29) is 7.92 Å². The van der Waals surface area contributed by atoms with Gasteiger partial charge in [-0.3, -0.25) is 0 Å². The molecule has 1 saturated carbocycles. The number of hydrogen-bond donors (Lipinski definition) is 0. The van der Waals surface area contributed by atoms with E-state index in [1.165, 1.54) is 27.9 Å². The Kier molecular flexibility index (Phi) is 7.62. The molecule has 0 nitrogen and oxygen atoms in total. The van der Waals surface area contributed by atoms with E-state index in [0.29, 0.717) is 10.8 Å². The van der Waals surface area contributed by atoms with Crippen LogP contribution in [0.5, 0.6) is 0 Å². The first kappa shape index (κ1) is 23.0. The third-order valence-electron chi connectivity index (χ3n) is 5.83. The van der Waals surface area contributed by atoms with Gasteiger partial charge in [0.1, 0.15) is 0 Å². The molecule has 0 amide bonds. The molecule has 3 rings (SSSR count). The van der Waals surface area contributed by atoms with E-state index in [9.17, 15) is 0 Å². The van der Waals surface area contributed by atoms with Crippen LogP contribution in [-0.2, 0) is 0 Å². The topological polar surface area (TPSA) is 0 Å². The molecule has 1 aliphatic rings. The van der Waals surface area contributed by atoms with Crippen LogP contribution in [0.4, 0.5) is 0 Å². The Morgan fingerprint density at radius 1 is 0.828 bits per heavy atom. The zero-order chi connectivity index (χ0) is 21.2. The third kappa shape index (κ3) is 4.97. The molecule has 0 spiro atoms. The number of benzene rings is 2. The Hall–Kier alpha value is -0.700. The number of aryl methyl sites for hydroxylation is 2. The quantitative estimate of drug-likeness (QED) is 0.434. The summed E-state index contributed by atoms with van der Waals surface area (Å²) in [6.45, 7) is 16.6. The fourth-order valence-electron chi connectivity index (χ4n) is 4.38. The Labute approximate surface area is 182 Å². The molecule has 0 N–H and O–H groups in total. The molecule has 1 unspecified atom stereocenters. The van der Waals surface area contributed by atoms with Crippen molar-refractivity contribution in [3.05, 3.63) is 90.5 Å². The second kappa shape index (κ2) is 9.62. The van der Waals surface area contributed by atoms with Crippen molar-refractivity contribution in [2.75, 3.05) is 6.16 Å². The van der Waals surface area contributed by atoms with Gasteiger partial charge in [0.15, 0.2) is 0 Å². The summed E-state index contributed by atoms with van der Waals surface area (Å²) in [5.41, 5.74) is 4.94. The summed E-state index contributed by atoms with van der Waals surface area (Å²) in [4.78, 5) is 0. The van der Waals surface area contributed by atoms with Crippen LogP contribution in [0.3, 0.4) is 0 Å². The maximum Gasteiger partial charge on any atom is 0.0120 e. The van der Waals surface area contributed by atoms with Crippen LogP contribution in [0.2, 0.25) is 0 Å². The minimum atomic E-state index is -0.476. The molecule has 5 radical (unpaired) electrons. The van der Waals surface area contributed by atoms with Gasteiger partial charge in [-0.05, 0) is 85.7 Å². The lowest BCUT2D eigenvalue weighted by Gasteiger charge is -2.41. The van der Waals surface area contributed by atoms with Crippen LogP contribution in [0.1, 0.15) is 45.7 Å². The molecule has 0 aliphatic heterocycles. The van der Waals surface area contributed by atoms with Crippen LogP contribution in [-0.4, -0.2) is 17.0 Å². The van der Waals surface area contributed by atoms with Gasteiger partial charge < -0.3 is 0 Å². The molecule has 2 aromatic rings. The molecule has 2 aromatic carbocycles. The Morgan fingerprint density at radius 3 is 1.79 bits per heavy atom. The standard InChI is InChI=1S/C27H35P2/c1-8-28(27(5,6)7)26-19-13-16-23(26)22(4)29(24-17-11-9-14-20(24)2)25-18-12-10-15-21(25)3/h9-19,22H,8H2,1-7H3/t22-,28?/m1/s1. The highest BCUT2D eigenvalue weighted by molar-refractivity contribution is 7.74. The normalized spacial score (nSPS) is 18.3. The molecular formula is C27H35P2. The largest absolute Gasteiger partial charge is 0.0932 e. The predicted molar refractivity (Wildman–Crippen MR) is 135 cm³/mol. The molecule has 0 heterocycles. The lowest BCUT2D eigenvalue weighted by Crippen LogP contribution is -2.30. The van der Waals surface area contributed by atoms with Gasteiger partial charge in [0.25, 0.3) is 0 Å². The van der Waals surface area contributed by atoms with E-state index in [2.05, 4.69) is 116 Å². The lowest BCUT2D eigenvalue weighted by molar-refractivity contribution is 0.778. The van der Waals surface area contributed by atoms with E-state index in [1.54, 1.807) is 11.6 Å². The highest BCUT2D eigenvalue weighted by atomic mass is 31.1. The van der Waals surface area contributed by atoms with E-state index in [1.807, 2.05) is 0 Å². The van der Waals surface area contributed by atoms with Gasteiger partial charge in [0, 0.05) is 5.66 Å². The second-order valence-corrected chi connectivity index (χ2v) is 14.7. The van der Waals surface area contributed by atoms with Crippen molar-refractivity contribution >= 4 is 26.5 Å². The van der Waals surface area contributed by atoms with Crippen LogP contribution in [0.25, 0.3) is 0 Å². The van der Waals surface area contributed by atoms with Gasteiger partial charge in [-0.25, -0.2) is 0 Å². The first-order valence-electron chi connectivity index (χ1n) is 10.7. The molecule has 2 heteroatoms. The number of hydrogen-bond acceptors (Lipinski definition) is 0. The van der Waals surface area contributed by atoms with Crippen molar-refractivity contribution in [1.82, 2.24) is 0 Å². The highest BCUT2D eigenvalue weighted by Gasteiger charge is 2.44. The summed E-state index contributed by atoms with van der Waals surface area (Å²) in [6, 6.07) is 18.0. The van der Waals surface area contributed by atoms with Crippen LogP contribution in [0.15, 0.2) is 48.5 Å². The van der Waals surface area contributed by atoms with Crippen LogP contribution < -0.4 is 10.6 Å². The highest BCUT2D eigenvalue weighted by Crippen LogP contribution is 2.67. The first-order valence-corrected chi connectivity index (χ1v) is 13.6. The molecule has 2 atom stereocenters. The van der Waals surface area contributed by atoms with Gasteiger partial charge >= 0.3 is 0 Å².